The number of nitrogen functional groups attached to an aromatic ring is 1. The molecule has 0 aromatic heterocycles. The summed E-state index contributed by atoms with van der Waals surface area (Å²) in [6, 6.07) is 5.20. The summed E-state index contributed by atoms with van der Waals surface area (Å²) < 4.78 is 5.18. The van der Waals surface area contributed by atoms with E-state index in [1.807, 2.05) is 0 Å². The number of carbonyl (C=O) groups is 1. The Kier molecular flexibility index (Phi) is 1.40. The fourth-order valence-electron chi connectivity index (χ4n) is 1.14. The van der Waals surface area contributed by atoms with Crippen LogP contribution >= 0.6 is 0 Å². The van der Waals surface area contributed by atoms with Crippen LogP contribution in [0, 0.1) is 0 Å². The molecule has 3 N–H and O–H groups in total. The van der Waals surface area contributed by atoms with Crippen LogP contribution in [-0.4, -0.2) is 12.5 Å². The molecule has 12 heavy (non-hydrogen) atoms. The normalized spacial score (nSPS) is 19.2. The number of aldehydes is 1. The lowest BCUT2D eigenvalue weighted by atomic mass is 10.3. The maximum atomic E-state index is 10.3. The molecule has 1 aliphatic heterocycles. The van der Waals surface area contributed by atoms with Crippen molar-refractivity contribution in [2.24, 2.45) is 0 Å². The van der Waals surface area contributed by atoms with E-state index in [1.165, 1.54) is 0 Å². The fraction of sp³-hybridized carbons (Fsp3) is 0.125. The summed E-state index contributed by atoms with van der Waals surface area (Å²) in [6.07, 6.45) is 0.137. The third-order valence-electron chi connectivity index (χ3n) is 1.68. The summed E-state index contributed by atoms with van der Waals surface area (Å²) in [5.41, 5.74) is 6.95. The van der Waals surface area contributed by atoms with Gasteiger partial charge in [0, 0.05) is 5.69 Å². The van der Waals surface area contributed by atoms with Crippen LogP contribution in [0.4, 0.5) is 11.4 Å². The molecule has 4 heteroatoms. The standard InChI is InChI=1S/C8H8N2O2/c9-5-1-2-7-6(3-5)10-8(4-11)12-7/h1-4,8,10H,9H2. The number of nitrogens with two attached hydrogens (primary N) is 1. The van der Waals surface area contributed by atoms with Gasteiger partial charge in [-0.1, -0.05) is 0 Å². The predicted octanol–water partition coefficient (Wildman–Crippen LogP) is 0.598. The SMILES string of the molecule is Nc1ccc2c(c1)NC(C=O)O2. The van der Waals surface area contributed by atoms with Gasteiger partial charge in [-0.25, -0.2) is 0 Å². The smallest absolute Gasteiger partial charge is 0.226 e. The monoisotopic (exact) mass is 164 g/mol. The molecule has 1 aromatic rings. The van der Waals surface area contributed by atoms with Gasteiger partial charge in [0.25, 0.3) is 0 Å². The molecule has 2 rings (SSSR count). The molecule has 0 spiro atoms. The zero-order valence-electron chi connectivity index (χ0n) is 6.28. The molecule has 1 atom stereocenters. The second-order valence-electron chi connectivity index (χ2n) is 2.57. The molecular formula is C8H8N2O2. The molecule has 1 aliphatic rings. The molecule has 0 bridgehead atoms. The molecule has 0 aliphatic carbocycles. The summed E-state index contributed by atoms with van der Waals surface area (Å²) in [5.74, 6) is 0.668. The second kappa shape index (κ2) is 2.41. The molecule has 0 amide bonds. The molecule has 0 fully saturated rings. The van der Waals surface area contributed by atoms with Gasteiger partial charge in [0.05, 0.1) is 5.69 Å². The highest BCUT2D eigenvalue weighted by molar-refractivity contribution is 5.73. The zero-order valence-corrected chi connectivity index (χ0v) is 6.28. The molecular weight excluding hydrogens is 156 g/mol. The van der Waals surface area contributed by atoms with Gasteiger partial charge < -0.3 is 15.8 Å². The summed E-state index contributed by atoms with van der Waals surface area (Å²) in [7, 11) is 0. The summed E-state index contributed by atoms with van der Waals surface area (Å²) in [4.78, 5) is 10.3. The lowest BCUT2D eigenvalue weighted by Crippen LogP contribution is -2.20. The minimum atomic E-state index is -0.568. The Morgan fingerprint density at radius 2 is 2.42 bits per heavy atom. The van der Waals surface area contributed by atoms with Crippen molar-refractivity contribution in [3.63, 3.8) is 0 Å². The van der Waals surface area contributed by atoms with Crippen LogP contribution in [0.3, 0.4) is 0 Å². The van der Waals surface area contributed by atoms with E-state index < -0.39 is 6.23 Å². The first-order valence-electron chi connectivity index (χ1n) is 3.57. The molecule has 62 valence electrons. The van der Waals surface area contributed by atoms with E-state index in [0.717, 1.165) is 5.69 Å². The van der Waals surface area contributed by atoms with Gasteiger partial charge in [-0.2, -0.15) is 0 Å². The molecule has 0 saturated carbocycles. The van der Waals surface area contributed by atoms with E-state index in [0.29, 0.717) is 17.7 Å². The summed E-state index contributed by atoms with van der Waals surface area (Å²) in [5, 5.41) is 2.85. The van der Waals surface area contributed by atoms with E-state index in [1.54, 1.807) is 18.2 Å². The number of benzene rings is 1. The number of ether oxygens (including phenoxy) is 1. The first-order valence-corrected chi connectivity index (χ1v) is 3.57. The Morgan fingerprint density at radius 3 is 3.17 bits per heavy atom. The second-order valence-corrected chi connectivity index (χ2v) is 2.57. The van der Waals surface area contributed by atoms with E-state index in [9.17, 15) is 4.79 Å². The summed E-state index contributed by atoms with van der Waals surface area (Å²) in [6.45, 7) is 0. The Bertz CT molecular complexity index is 325. The Balaban J connectivity index is 2.35. The largest absolute Gasteiger partial charge is 0.461 e. The number of fused-ring (bicyclic) bond motifs is 1. The minimum absolute atomic E-state index is 0.568. The number of nitrogens with one attached hydrogen (secondary N) is 1. The molecule has 0 radical (unpaired) electrons. The third kappa shape index (κ3) is 0.972. The van der Waals surface area contributed by atoms with Gasteiger partial charge in [0.2, 0.25) is 6.23 Å². The molecule has 1 heterocycles. The van der Waals surface area contributed by atoms with Gasteiger partial charge >= 0.3 is 0 Å². The lowest BCUT2D eigenvalue weighted by Gasteiger charge is -1.99. The van der Waals surface area contributed by atoms with Gasteiger partial charge in [-0.05, 0) is 18.2 Å². The highest BCUT2D eigenvalue weighted by Crippen LogP contribution is 2.32. The van der Waals surface area contributed by atoms with Crippen LogP contribution in [0.1, 0.15) is 0 Å². The first-order chi connectivity index (χ1) is 5.79. The van der Waals surface area contributed by atoms with Crippen molar-refractivity contribution in [2.75, 3.05) is 11.1 Å². The highest BCUT2D eigenvalue weighted by Gasteiger charge is 2.20. The van der Waals surface area contributed by atoms with Crippen LogP contribution < -0.4 is 15.8 Å². The summed E-state index contributed by atoms with van der Waals surface area (Å²) >= 11 is 0. The minimum Gasteiger partial charge on any atom is -0.461 e. The fourth-order valence-corrected chi connectivity index (χ4v) is 1.14. The topological polar surface area (TPSA) is 64.3 Å². The average molecular weight is 164 g/mol. The van der Waals surface area contributed by atoms with Crippen LogP contribution in [0.5, 0.6) is 5.75 Å². The van der Waals surface area contributed by atoms with Gasteiger partial charge in [-0.3, -0.25) is 4.79 Å². The molecule has 1 unspecified atom stereocenters. The van der Waals surface area contributed by atoms with Crippen LogP contribution in [0.2, 0.25) is 0 Å². The quantitative estimate of drug-likeness (QED) is 0.471. The van der Waals surface area contributed by atoms with Crippen molar-refractivity contribution in [2.45, 2.75) is 6.23 Å². The van der Waals surface area contributed by atoms with E-state index in [4.69, 9.17) is 10.5 Å². The van der Waals surface area contributed by atoms with E-state index >= 15 is 0 Å². The number of hydrogen-bond donors (Lipinski definition) is 2. The molecule has 0 saturated heterocycles. The van der Waals surface area contributed by atoms with E-state index in [2.05, 4.69) is 5.32 Å². The first kappa shape index (κ1) is 6.97. The van der Waals surface area contributed by atoms with Gasteiger partial charge in [-0.15, -0.1) is 0 Å². The lowest BCUT2D eigenvalue weighted by molar-refractivity contribution is -0.112. The number of anilines is 2. The number of rotatable bonds is 1. The maximum Gasteiger partial charge on any atom is 0.226 e. The number of hydrogen-bond acceptors (Lipinski definition) is 4. The highest BCUT2D eigenvalue weighted by atomic mass is 16.5. The van der Waals surface area contributed by atoms with Gasteiger partial charge in [0.15, 0.2) is 6.29 Å². The van der Waals surface area contributed by atoms with Crippen molar-refractivity contribution in [1.82, 2.24) is 0 Å². The molecule has 1 aromatic carbocycles. The van der Waals surface area contributed by atoms with Crippen molar-refractivity contribution in [3.05, 3.63) is 18.2 Å². The van der Waals surface area contributed by atoms with Crippen LogP contribution in [0.15, 0.2) is 18.2 Å². The van der Waals surface area contributed by atoms with Gasteiger partial charge in [0.1, 0.15) is 5.75 Å². The average Bonchev–Trinajstić information content (AvgIpc) is 2.46. The van der Waals surface area contributed by atoms with Crippen molar-refractivity contribution >= 4 is 17.7 Å². The van der Waals surface area contributed by atoms with Crippen LogP contribution in [0.25, 0.3) is 0 Å². The van der Waals surface area contributed by atoms with E-state index in [-0.39, 0.29) is 0 Å². The van der Waals surface area contributed by atoms with Crippen molar-refractivity contribution in [3.8, 4) is 5.75 Å². The number of carbonyl (C=O) groups excluding carboxylic acids is 1. The third-order valence-corrected chi connectivity index (χ3v) is 1.68. The Morgan fingerprint density at radius 1 is 1.58 bits per heavy atom. The molecule has 4 nitrogen and oxygen atoms in total. The Hall–Kier alpha value is -1.71. The van der Waals surface area contributed by atoms with Crippen molar-refractivity contribution < 1.29 is 9.53 Å². The van der Waals surface area contributed by atoms with Crippen LogP contribution in [-0.2, 0) is 4.79 Å². The Labute approximate surface area is 69.3 Å². The zero-order chi connectivity index (χ0) is 8.55. The predicted molar refractivity (Wildman–Crippen MR) is 45.0 cm³/mol. The maximum absolute atomic E-state index is 10.3. The van der Waals surface area contributed by atoms with Crippen molar-refractivity contribution in [1.29, 1.82) is 0 Å².